The van der Waals surface area contributed by atoms with Crippen molar-refractivity contribution in [2.45, 2.75) is 39.2 Å². The van der Waals surface area contributed by atoms with Crippen molar-refractivity contribution in [1.29, 1.82) is 0 Å². The lowest BCUT2D eigenvalue weighted by atomic mass is 9.90. The van der Waals surface area contributed by atoms with E-state index in [0.717, 1.165) is 64.8 Å². The van der Waals surface area contributed by atoms with E-state index in [9.17, 15) is 4.79 Å². The lowest BCUT2D eigenvalue weighted by Gasteiger charge is -2.19. The van der Waals surface area contributed by atoms with Crippen molar-refractivity contribution in [3.63, 3.8) is 0 Å². The van der Waals surface area contributed by atoms with E-state index in [0.29, 0.717) is 12.2 Å². The van der Waals surface area contributed by atoms with Crippen LogP contribution in [0.2, 0.25) is 0 Å². The van der Waals surface area contributed by atoms with Gasteiger partial charge in [-0.05, 0) is 73.6 Å². The van der Waals surface area contributed by atoms with Gasteiger partial charge in [-0.25, -0.2) is 4.79 Å². The molecule has 1 aliphatic rings. The second-order valence-electron chi connectivity index (χ2n) is 6.83. The average molecular weight is 350 g/mol. The Morgan fingerprint density at radius 1 is 1.04 bits per heavy atom. The third-order valence-corrected chi connectivity index (χ3v) is 4.98. The predicted molar refractivity (Wildman–Crippen MR) is 101 cm³/mol. The van der Waals surface area contributed by atoms with Crippen molar-refractivity contribution >= 4 is 11.0 Å². The van der Waals surface area contributed by atoms with Crippen LogP contribution >= 0.6 is 0 Å². The molecule has 0 bridgehead atoms. The molecule has 4 heteroatoms. The lowest BCUT2D eigenvalue weighted by molar-refractivity contribution is 0.309. The van der Waals surface area contributed by atoms with E-state index in [1.54, 1.807) is 7.11 Å². The van der Waals surface area contributed by atoms with Crippen molar-refractivity contribution in [3.05, 3.63) is 69.1 Å². The first-order valence-electron chi connectivity index (χ1n) is 9.00. The first-order chi connectivity index (χ1) is 12.7. The number of rotatable bonds is 4. The summed E-state index contributed by atoms with van der Waals surface area (Å²) in [5, 5.41) is 0.957. The van der Waals surface area contributed by atoms with Crippen LogP contribution in [0.5, 0.6) is 11.5 Å². The van der Waals surface area contributed by atoms with Crippen LogP contribution in [-0.4, -0.2) is 7.11 Å². The van der Waals surface area contributed by atoms with Crippen LogP contribution in [0.25, 0.3) is 11.0 Å². The van der Waals surface area contributed by atoms with Crippen molar-refractivity contribution < 1.29 is 13.9 Å². The molecule has 0 spiro atoms. The highest BCUT2D eigenvalue weighted by atomic mass is 16.5. The first-order valence-corrected chi connectivity index (χ1v) is 9.00. The van der Waals surface area contributed by atoms with Crippen LogP contribution in [0, 0.1) is 6.92 Å². The van der Waals surface area contributed by atoms with Crippen LogP contribution in [-0.2, 0) is 19.4 Å². The molecule has 134 valence electrons. The monoisotopic (exact) mass is 350 g/mol. The minimum absolute atomic E-state index is 0.195. The SMILES string of the molecule is COc1ccc(COc2cc(C)cc3oc(=O)c4c(c23)CCCC4)cc1. The Kier molecular flexibility index (Phi) is 4.41. The van der Waals surface area contributed by atoms with Gasteiger partial charge >= 0.3 is 5.63 Å². The van der Waals surface area contributed by atoms with E-state index in [2.05, 4.69) is 0 Å². The molecule has 0 saturated carbocycles. The van der Waals surface area contributed by atoms with E-state index in [1.807, 2.05) is 43.3 Å². The van der Waals surface area contributed by atoms with Gasteiger partial charge in [0.05, 0.1) is 12.5 Å². The highest BCUT2D eigenvalue weighted by molar-refractivity contribution is 5.88. The van der Waals surface area contributed by atoms with Gasteiger partial charge in [-0.2, -0.15) is 0 Å². The second kappa shape index (κ2) is 6.87. The van der Waals surface area contributed by atoms with Crippen LogP contribution in [0.3, 0.4) is 0 Å². The number of aryl methyl sites for hydroxylation is 2. The average Bonchev–Trinajstić information content (AvgIpc) is 2.66. The molecular weight excluding hydrogens is 328 g/mol. The zero-order valence-electron chi connectivity index (χ0n) is 15.1. The van der Waals surface area contributed by atoms with Gasteiger partial charge < -0.3 is 13.9 Å². The van der Waals surface area contributed by atoms with Crippen LogP contribution in [0.1, 0.15) is 35.1 Å². The molecule has 0 unspecified atom stereocenters. The maximum absolute atomic E-state index is 12.3. The van der Waals surface area contributed by atoms with Gasteiger partial charge in [0.2, 0.25) is 0 Å². The number of methoxy groups -OCH3 is 1. The molecule has 0 radical (unpaired) electrons. The zero-order chi connectivity index (χ0) is 18.1. The van der Waals surface area contributed by atoms with E-state index >= 15 is 0 Å². The minimum atomic E-state index is -0.195. The van der Waals surface area contributed by atoms with Gasteiger partial charge in [0.15, 0.2) is 0 Å². The highest BCUT2D eigenvalue weighted by Crippen LogP contribution is 2.35. The second-order valence-corrected chi connectivity index (χ2v) is 6.83. The molecule has 1 aliphatic carbocycles. The molecule has 0 saturated heterocycles. The normalized spacial score (nSPS) is 13.5. The summed E-state index contributed by atoms with van der Waals surface area (Å²) in [5.74, 6) is 1.61. The maximum Gasteiger partial charge on any atom is 0.339 e. The van der Waals surface area contributed by atoms with Crippen LogP contribution in [0.4, 0.5) is 0 Å². The Balaban J connectivity index is 1.74. The summed E-state index contributed by atoms with van der Waals surface area (Å²) in [6, 6.07) is 11.8. The van der Waals surface area contributed by atoms with E-state index in [1.165, 1.54) is 0 Å². The van der Waals surface area contributed by atoms with Gasteiger partial charge in [-0.1, -0.05) is 12.1 Å². The highest BCUT2D eigenvalue weighted by Gasteiger charge is 2.21. The summed E-state index contributed by atoms with van der Waals surface area (Å²) in [4.78, 5) is 12.3. The molecule has 0 amide bonds. The fourth-order valence-electron chi connectivity index (χ4n) is 3.66. The quantitative estimate of drug-likeness (QED) is 0.647. The van der Waals surface area contributed by atoms with Gasteiger partial charge in [-0.3, -0.25) is 0 Å². The van der Waals surface area contributed by atoms with Gasteiger partial charge in [0.25, 0.3) is 0 Å². The Morgan fingerprint density at radius 3 is 2.50 bits per heavy atom. The Labute approximate surface area is 152 Å². The van der Waals surface area contributed by atoms with Crippen molar-refractivity contribution in [2.75, 3.05) is 7.11 Å². The van der Waals surface area contributed by atoms with Gasteiger partial charge in [-0.15, -0.1) is 0 Å². The van der Waals surface area contributed by atoms with Crippen molar-refractivity contribution in [3.8, 4) is 11.5 Å². The van der Waals surface area contributed by atoms with Crippen LogP contribution < -0.4 is 15.1 Å². The fraction of sp³-hybridized carbons (Fsp3) is 0.318. The van der Waals surface area contributed by atoms with Crippen molar-refractivity contribution in [2.24, 2.45) is 0 Å². The van der Waals surface area contributed by atoms with Gasteiger partial charge in [0, 0.05) is 5.56 Å². The summed E-state index contributed by atoms with van der Waals surface area (Å²) in [6.45, 7) is 2.44. The number of hydrogen-bond donors (Lipinski definition) is 0. The van der Waals surface area contributed by atoms with Gasteiger partial charge in [0.1, 0.15) is 23.7 Å². The zero-order valence-corrected chi connectivity index (χ0v) is 15.1. The third kappa shape index (κ3) is 3.07. The topological polar surface area (TPSA) is 48.7 Å². The Morgan fingerprint density at radius 2 is 1.77 bits per heavy atom. The maximum atomic E-state index is 12.3. The van der Waals surface area contributed by atoms with E-state index in [4.69, 9.17) is 13.9 Å². The predicted octanol–water partition coefficient (Wildman–Crippen LogP) is 4.57. The molecule has 0 fully saturated rings. The number of fused-ring (bicyclic) bond motifs is 3. The molecule has 3 aromatic rings. The molecular formula is C22H22O4. The molecule has 4 rings (SSSR count). The number of benzene rings is 2. The minimum Gasteiger partial charge on any atom is -0.497 e. The molecule has 2 aromatic carbocycles. The molecule has 0 aliphatic heterocycles. The van der Waals surface area contributed by atoms with Crippen LogP contribution in [0.15, 0.2) is 45.6 Å². The smallest absolute Gasteiger partial charge is 0.339 e. The molecule has 4 nitrogen and oxygen atoms in total. The molecule has 1 heterocycles. The van der Waals surface area contributed by atoms with E-state index in [-0.39, 0.29) is 5.63 Å². The molecule has 0 N–H and O–H groups in total. The lowest BCUT2D eigenvalue weighted by Crippen LogP contribution is -2.16. The number of ether oxygens (including phenoxy) is 2. The largest absolute Gasteiger partial charge is 0.497 e. The summed E-state index contributed by atoms with van der Waals surface area (Å²) >= 11 is 0. The first kappa shape index (κ1) is 16.7. The van der Waals surface area contributed by atoms with E-state index < -0.39 is 0 Å². The fourth-order valence-corrected chi connectivity index (χ4v) is 3.66. The summed E-state index contributed by atoms with van der Waals surface area (Å²) in [5.41, 5.74) is 4.43. The molecule has 1 aromatic heterocycles. The Hall–Kier alpha value is -2.75. The molecule has 0 atom stereocenters. The number of hydrogen-bond acceptors (Lipinski definition) is 4. The summed E-state index contributed by atoms with van der Waals surface area (Å²) in [6.07, 6.45) is 3.83. The summed E-state index contributed by atoms with van der Waals surface area (Å²) in [7, 11) is 1.65. The van der Waals surface area contributed by atoms with Crippen molar-refractivity contribution in [1.82, 2.24) is 0 Å². The standard InChI is InChI=1S/C22H22O4/c1-14-11-19(25-13-15-7-9-16(24-2)10-8-15)21-17-5-3-4-6-18(17)22(23)26-20(21)12-14/h7-12H,3-6,13H2,1-2H3. The third-order valence-electron chi connectivity index (χ3n) is 4.98. The summed E-state index contributed by atoms with van der Waals surface area (Å²) < 4.78 is 17.0. The Bertz CT molecular complexity index is 999. The molecule has 26 heavy (non-hydrogen) atoms.